The minimum Gasteiger partial charge on any atom is -0.409 e. The first-order valence-electron chi connectivity index (χ1n) is 13.2. The lowest BCUT2D eigenvalue weighted by atomic mass is 10.0. The number of amides is 2. The highest BCUT2D eigenvalue weighted by Crippen LogP contribution is 2.31. The summed E-state index contributed by atoms with van der Waals surface area (Å²) < 4.78 is 32.1. The zero-order valence-electron chi connectivity index (χ0n) is 23.2. The molecule has 0 saturated heterocycles. The Hall–Kier alpha value is -4.18. The van der Waals surface area contributed by atoms with Crippen molar-refractivity contribution in [2.75, 3.05) is 18.2 Å². The molecule has 0 bridgehead atoms. The molecule has 3 aromatic carbocycles. The number of nitrogens with zero attached hydrogens (tertiary/aromatic N) is 3. The molecule has 0 aliphatic carbocycles. The van der Waals surface area contributed by atoms with Crippen LogP contribution in [0.1, 0.15) is 44.5 Å². The van der Waals surface area contributed by atoms with Gasteiger partial charge in [0, 0.05) is 37.7 Å². The summed E-state index contributed by atoms with van der Waals surface area (Å²) in [5, 5.41) is 0. The maximum atomic E-state index is 12.2. The van der Waals surface area contributed by atoms with Crippen LogP contribution >= 0.6 is 0 Å². The summed E-state index contributed by atoms with van der Waals surface area (Å²) in [7, 11) is -1.96. The van der Waals surface area contributed by atoms with Crippen molar-refractivity contribution in [2.24, 2.45) is 0 Å². The minimum absolute atomic E-state index is 0.0491. The van der Waals surface area contributed by atoms with Crippen LogP contribution in [0.15, 0.2) is 66.7 Å². The van der Waals surface area contributed by atoms with Gasteiger partial charge in [0.25, 0.3) is 0 Å². The first-order valence-corrected chi connectivity index (χ1v) is 15.1. The van der Waals surface area contributed by atoms with Crippen molar-refractivity contribution < 1.29 is 22.7 Å². The summed E-state index contributed by atoms with van der Waals surface area (Å²) in [5.41, 5.74) is 5.23. The van der Waals surface area contributed by atoms with Crippen molar-refractivity contribution in [3.8, 4) is 16.9 Å². The van der Waals surface area contributed by atoms with Gasteiger partial charge >= 0.3 is 6.09 Å². The Kier molecular flexibility index (Phi) is 8.89. The molecule has 0 spiro atoms. The van der Waals surface area contributed by atoms with Crippen LogP contribution in [-0.2, 0) is 27.8 Å². The quantitative estimate of drug-likeness (QED) is 0.273. The van der Waals surface area contributed by atoms with Crippen LogP contribution in [0, 0.1) is 0 Å². The largest absolute Gasteiger partial charge is 0.426 e. The molecule has 1 N–H and O–H groups in total. The normalized spacial score (nSPS) is 11.4. The highest BCUT2D eigenvalue weighted by atomic mass is 32.2. The van der Waals surface area contributed by atoms with Gasteiger partial charge in [-0.05, 0) is 41.8 Å². The Morgan fingerprint density at radius 2 is 1.75 bits per heavy atom. The number of hydrogen-bond acceptors (Lipinski definition) is 6. The lowest BCUT2D eigenvalue weighted by Crippen LogP contribution is -2.32. The molecule has 210 valence electrons. The predicted molar refractivity (Wildman–Crippen MR) is 157 cm³/mol. The van der Waals surface area contributed by atoms with E-state index in [1.807, 2.05) is 66.2 Å². The molecule has 0 atom stereocenters. The standard InChI is InChI=1S/C30H34N4O5S/c1-5-7-12-28-31-25-19-23(33(3)29(35)6-2)17-18-26(25)34(28)20-21-13-15-22(16-14-21)24-10-8-9-11-27(24)39-30(36)32-40(4,37)38/h8-11,13-19H,5-7,12,20H2,1-4H3,(H,32,36). The number of carbonyl (C=O) groups excluding carboxylic acids is 2. The number of fused-ring (bicyclic) bond motifs is 1. The molecule has 10 heteroatoms. The van der Waals surface area contributed by atoms with E-state index in [1.54, 1.807) is 24.1 Å². The number of anilines is 1. The number of aryl methyl sites for hydroxylation is 1. The number of carbonyl (C=O) groups is 2. The van der Waals surface area contributed by atoms with Gasteiger partial charge in [-0.3, -0.25) is 4.79 Å². The molecule has 0 aliphatic rings. The Morgan fingerprint density at radius 3 is 2.42 bits per heavy atom. The Bertz CT molecular complexity index is 1630. The molecule has 4 rings (SSSR count). The lowest BCUT2D eigenvalue weighted by molar-refractivity contribution is -0.118. The van der Waals surface area contributed by atoms with Crippen molar-refractivity contribution in [3.05, 3.63) is 78.1 Å². The van der Waals surface area contributed by atoms with Gasteiger partial charge < -0.3 is 14.2 Å². The third-order valence-electron chi connectivity index (χ3n) is 6.59. The van der Waals surface area contributed by atoms with Crippen LogP contribution in [-0.4, -0.2) is 43.3 Å². The van der Waals surface area contributed by atoms with E-state index in [4.69, 9.17) is 9.72 Å². The second-order valence-electron chi connectivity index (χ2n) is 9.65. The summed E-state index contributed by atoms with van der Waals surface area (Å²) in [6.07, 6.45) is 3.19. The van der Waals surface area contributed by atoms with Crippen LogP contribution < -0.4 is 14.4 Å². The fourth-order valence-corrected chi connectivity index (χ4v) is 4.84. The molecule has 9 nitrogen and oxygen atoms in total. The van der Waals surface area contributed by atoms with Crippen LogP contribution in [0.2, 0.25) is 0 Å². The smallest absolute Gasteiger partial charge is 0.409 e. The van der Waals surface area contributed by atoms with Crippen molar-refractivity contribution in [2.45, 2.75) is 46.1 Å². The maximum absolute atomic E-state index is 12.2. The monoisotopic (exact) mass is 562 g/mol. The minimum atomic E-state index is -3.74. The lowest BCUT2D eigenvalue weighted by Gasteiger charge is -2.16. The number of para-hydroxylation sites is 1. The van der Waals surface area contributed by atoms with Gasteiger partial charge in [0.1, 0.15) is 11.6 Å². The number of ether oxygens (including phenoxy) is 1. The highest BCUT2D eigenvalue weighted by Gasteiger charge is 2.16. The fourth-order valence-electron chi connectivity index (χ4n) is 4.50. The second kappa shape index (κ2) is 12.3. The van der Waals surface area contributed by atoms with Gasteiger partial charge in [0.05, 0.1) is 17.3 Å². The molecule has 2 amide bonds. The number of nitrogens with one attached hydrogen (secondary N) is 1. The molecular weight excluding hydrogens is 528 g/mol. The van der Waals surface area contributed by atoms with Crippen molar-refractivity contribution in [1.29, 1.82) is 0 Å². The zero-order valence-corrected chi connectivity index (χ0v) is 24.0. The average molecular weight is 563 g/mol. The van der Waals surface area contributed by atoms with Gasteiger partial charge in [-0.2, -0.15) is 0 Å². The van der Waals surface area contributed by atoms with Gasteiger partial charge in [0.2, 0.25) is 15.9 Å². The SMILES string of the molecule is CCCCc1nc2cc(N(C)C(=O)CC)ccc2n1Cc1ccc(-c2ccccc2OC(=O)NS(C)(=O)=O)cc1. The summed E-state index contributed by atoms with van der Waals surface area (Å²) >= 11 is 0. The van der Waals surface area contributed by atoms with E-state index in [9.17, 15) is 18.0 Å². The number of hydrogen-bond donors (Lipinski definition) is 1. The van der Waals surface area contributed by atoms with E-state index >= 15 is 0 Å². The topological polar surface area (TPSA) is 111 Å². The number of unbranched alkanes of at least 4 members (excludes halogenated alkanes) is 1. The highest BCUT2D eigenvalue weighted by molar-refractivity contribution is 7.89. The van der Waals surface area contributed by atoms with Gasteiger partial charge in [0.15, 0.2) is 0 Å². The van der Waals surface area contributed by atoms with Crippen LogP contribution in [0.4, 0.5) is 10.5 Å². The fraction of sp³-hybridized carbons (Fsp3) is 0.300. The molecule has 0 saturated carbocycles. The summed E-state index contributed by atoms with van der Waals surface area (Å²) in [4.78, 5) is 30.8. The zero-order chi connectivity index (χ0) is 28.9. The van der Waals surface area contributed by atoms with E-state index in [2.05, 4.69) is 11.5 Å². The Morgan fingerprint density at radius 1 is 1.02 bits per heavy atom. The van der Waals surface area contributed by atoms with Gasteiger partial charge in [-0.25, -0.2) is 22.9 Å². The predicted octanol–water partition coefficient (Wildman–Crippen LogP) is 5.52. The number of sulfonamides is 1. The van der Waals surface area contributed by atoms with E-state index in [0.717, 1.165) is 59.2 Å². The molecule has 0 radical (unpaired) electrons. The van der Waals surface area contributed by atoms with E-state index in [0.29, 0.717) is 18.5 Å². The van der Waals surface area contributed by atoms with Crippen molar-refractivity contribution >= 4 is 38.7 Å². The summed E-state index contributed by atoms with van der Waals surface area (Å²) in [5.74, 6) is 1.30. The van der Waals surface area contributed by atoms with Gasteiger partial charge in [-0.15, -0.1) is 0 Å². The van der Waals surface area contributed by atoms with Crippen molar-refractivity contribution in [3.63, 3.8) is 0 Å². The number of aromatic nitrogens is 2. The second-order valence-corrected chi connectivity index (χ2v) is 11.4. The number of imidazole rings is 1. The summed E-state index contributed by atoms with van der Waals surface area (Å²) in [6.45, 7) is 4.62. The summed E-state index contributed by atoms with van der Waals surface area (Å²) in [6, 6.07) is 20.8. The molecular formula is C30H34N4O5S. The number of benzene rings is 3. The number of rotatable bonds is 10. The van der Waals surface area contributed by atoms with Crippen LogP contribution in [0.5, 0.6) is 5.75 Å². The maximum Gasteiger partial charge on any atom is 0.426 e. The van der Waals surface area contributed by atoms with Crippen molar-refractivity contribution in [1.82, 2.24) is 14.3 Å². The molecule has 0 unspecified atom stereocenters. The van der Waals surface area contributed by atoms with Crippen LogP contribution in [0.25, 0.3) is 22.2 Å². The molecule has 0 fully saturated rings. The average Bonchev–Trinajstić information content (AvgIpc) is 3.26. The van der Waals surface area contributed by atoms with E-state index in [1.165, 1.54) is 0 Å². The third kappa shape index (κ3) is 6.87. The van der Waals surface area contributed by atoms with Crippen LogP contribution in [0.3, 0.4) is 0 Å². The molecule has 0 aliphatic heterocycles. The Balaban J connectivity index is 1.61. The first-order chi connectivity index (χ1) is 19.1. The molecule has 40 heavy (non-hydrogen) atoms. The Labute approximate surface area is 234 Å². The molecule has 1 aromatic heterocycles. The van der Waals surface area contributed by atoms with E-state index < -0.39 is 16.1 Å². The van der Waals surface area contributed by atoms with Gasteiger partial charge in [-0.1, -0.05) is 62.7 Å². The first kappa shape index (κ1) is 28.8. The third-order valence-corrected chi connectivity index (χ3v) is 7.13. The van der Waals surface area contributed by atoms with E-state index in [-0.39, 0.29) is 11.7 Å². The molecule has 4 aromatic rings. The molecule has 1 heterocycles.